The largest absolute Gasteiger partial charge is 0.268 e. The molecule has 2 aromatic rings. The minimum Gasteiger partial charge on any atom is -0.268 e. The fourth-order valence-corrected chi connectivity index (χ4v) is 3.06. The molecule has 0 saturated carbocycles. The Morgan fingerprint density at radius 3 is 3.06 bits per heavy atom. The number of hydrogen-bond acceptors (Lipinski definition) is 1. The zero-order valence-electron chi connectivity index (χ0n) is 10.6. The Morgan fingerprint density at radius 2 is 2.22 bits per heavy atom. The summed E-state index contributed by atoms with van der Waals surface area (Å²) in [6.45, 7) is 0. The lowest BCUT2D eigenvalue weighted by Gasteiger charge is -2.15. The summed E-state index contributed by atoms with van der Waals surface area (Å²) in [5.41, 5.74) is 3.81. The summed E-state index contributed by atoms with van der Waals surface area (Å²) in [4.78, 5) is 0. The van der Waals surface area contributed by atoms with E-state index in [-0.39, 0.29) is 5.38 Å². The molecular formula is C15H17ClN2. The number of rotatable bonds is 2. The van der Waals surface area contributed by atoms with Crippen LogP contribution < -0.4 is 0 Å². The number of aromatic nitrogens is 2. The van der Waals surface area contributed by atoms with E-state index in [0.29, 0.717) is 0 Å². The highest BCUT2D eigenvalue weighted by Crippen LogP contribution is 2.26. The monoisotopic (exact) mass is 260 g/mol. The van der Waals surface area contributed by atoms with E-state index in [1.165, 1.54) is 28.6 Å². The fraction of sp³-hybridized carbons (Fsp3) is 0.400. The first-order valence-corrected chi connectivity index (χ1v) is 6.92. The minimum atomic E-state index is 0.212. The second-order valence-electron chi connectivity index (χ2n) is 5.00. The van der Waals surface area contributed by atoms with Gasteiger partial charge in [-0.2, -0.15) is 5.10 Å². The van der Waals surface area contributed by atoms with Crippen molar-refractivity contribution >= 4 is 22.5 Å². The summed E-state index contributed by atoms with van der Waals surface area (Å²) in [7, 11) is 2.01. The fourth-order valence-electron chi connectivity index (χ4n) is 2.73. The van der Waals surface area contributed by atoms with Crippen LogP contribution >= 0.6 is 11.6 Å². The van der Waals surface area contributed by atoms with Crippen molar-refractivity contribution in [2.45, 2.75) is 31.1 Å². The molecule has 3 rings (SSSR count). The van der Waals surface area contributed by atoms with Gasteiger partial charge in [0, 0.05) is 18.9 Å². The molecule has 3 heteroatoms. The number of aryl methyl sites for hydroxylation is 1. The summed E-state index contributed by atoms with van der Waals surface area (Å²) in [5.74, 6) is 0. The maximum atomic E-state index is 6.20. The molecule has 0 aliphatic heterocycles. The summed E-state index contributed by atoms with van der Waals surface area (Å²) in [6, 6.07) is 8.40. The van der Waals surface area contributed by atoms with Gasteiger partial charge in [0.05, 0.1) is 16.6 Å². The summed E-state index contributed by atoms with van der Waals surface area (Å²) in [6.07, 6.45) is 6.62. The first-order valence-electron chi connectivity index (χ1n) is 6.48. The van der Waals surface area contributed by atoms with Gasteiger partial charge in [-0.15, -0.1) is 11.6 Å². The zero-order valence-corrected chi connectivity index (χ0v) is 11.3. The second-order valence-corrected chi connectivity index (χ2v) is 5.56. The number of nitrogens with zero attached hydrogens (tertiary/aromatic N) is 2. The smallest absolute Gasteiger partial charge is 0.0743 e. The molecule has 0 saturated heterocycles. The van der Waals surface area contributed by atoms with Crippen LogP contribution in [0.5, 0.6) is 0 Å². The minimum absolute atomic E-state index is 0.212. The Labute approximate surface area is 112 Å². The van der Waals surface area contributed by atoms with Crippen molar-refractivity contribution in [2.24, 2.45) is 7.05 Å². The van der Waals surface area contributed by atoms with Gasteiger partial charge >= 0.3 is 0 Å². The Hall–Kier alpha value is -1.28. The van der Waals surface area contributed by atoms with Crippen LogP contribution in [0.25, 0.3) is 10.9 Å². The summed E-state index contributed by atoms with van der Waals surface area (Å²) in [5, 5.41) is 6.12. The maximum Gasteiger partial charge on any atom is 0.0743 e. The highest BCUT2D eigenvalue weighted by molar-refractivity contribution is 6.21. The molecule has 1 heterocycles. The number of halogens is 1. The Morgan fingerprint density at radius 1 is 1.39 bits per heavy atom. The van der Waals surface area contributed by atoms with Gasteiger partial charge in [0.2, 0.25) is 0 Å². The third-order valence-corrected chi connectivity index (χ3v) is 3.97. The molecule has 1 unspecified atom stereocenters. The normalized spacial score (nSPS) is 20.1. The quantitative estimate of drug-likeness (QED) is 0.593. The molecule has 18 heavy (non-hydrogen) atoms. The van der Waals surface area contributed by atoms with Crippen molar-refractivity contribution in [3.05, 3.63) is 41.6 Å². The van der Waals surface area contributed by atoms with Crippen molar-refractivity contribution in [1.29, 1.82) is 0 Å². The standard InChI is InChI=1S/C15H17ClN2/c1-18-15-8-3-2-7-13(15)14(17-18)10-11-5-4-6-12(16)9-11/h2-3,7-9,12H,4-6,10H2,1H3. The van der Waals surface area contributed by atoms with Crippen molar-refractivity contribution in [2.75, 3.05) is 0 Å². The Kier molecular flexibility index (Phi) is 3.13. The molecule has 1 aliphatic rings. The van der Waals surface area contributed by atoms with E-state index < -0.39 is 0 Å². The molecular weight excluding hydrogens is 244 g/mol. The molecule has 0 bridgehead atoms. The number of allylic oxidation sites excluding steroid dienone is 2. The van der Waals surface area contributed by atoms with Crippen LogP contribution in [0.1, 0.15) is 25.0 Å². The van der Waals surface area contributed by atoms with Crippen LogP contribution in [-0.2, 0) is 13.5 Å². The van der Waals surface area contributed by atoms with E-state index in [2.05, 4.69) is 35.4 Å². The topological polar surface area (TPSA) is 17.8 Å². The number of fused-ring (bicyclic) bond motifs is 1. The van der Waals surface area contributed by atoms with Crippen LogP contribution in [-0.4, -0.2) is 15.2 Å². The molecule has 0 fully saturated rings. The van der Waals surface area contributed by atoms with E-state index in [0.717, 1.165) is 19.3 Å². The van der Waals surface area contributed by atoms with Crippen LogP contribution in [0.15, 0.2) is 35.9 Å². The van der Waals surface area contributed by atoms with Gasteiger partial charge in [-0.05, 0) is 25.3 Å². The number of benzene rings is 1. The molecule has 1 aromatic carbocycles. The van der Waals surface area contributed by atoms with Crippen LogP contribution in [0.4, 0.5) is 0 Å². The van der Waals surface area contributed by atoms with Gasteiger partial charge in [0.25, 0.3) is 0 Å². The van der Waals surface area contributed by atoms with Crippen molar-refractivity contribution < 1.29 is 0 Å². The SMILES string of the molecule is Cn1nc(CC2=CC(Cl)CCC2)c2ccccc21. The number of hydrogen-bond donors (Lipinski definition) is 0. The van der Waals surface area contributed by atoms with E-state index in [9.17, 15) is 0 Å². The first kappa shape index (κ1) is 11.8. The molecule has 0 radical (unpaired) electrons. The summed E-state index contributed by atoms with van der Waals surface area (Å²) >= 11 is 6.20. The van der Waals surface area contributed by atoms with Crippen LogP contribution in [0.3, 0.4) is 0 Å². The zero-order chi connectivity index (χ0) is 12.5. The molecule has 0 N–H and O–H groups in total. The van der Waals surface area contributed by atoms with Gasteiger partial charge in [0.1, 0.15) is 0 Å². The second kappa shape index (κ2) is 4.77. The molecule has 0 spiro atoms. The molecule has 94 valence electrons. The van der Waals surface area contributed by atoms with E-state index in [1.807, 2.05) is 11.7 Å². The Balaban J connectivity index is 1.95. The maximum absolute atomic E-state index is 6.20. The van der Waals surface area contributed by atoms with E-state index in [4.69, 9.17) is 11.6 Å². The van der Waals surface area contributed by atoms with Crippen molar-refractivity contribution in [1.82, 2.24) is 9.78 Å². The lowest BCUT2D eigenvalue weighted by atomic mass is 9.95. The first-order chi connectivity index (χ1) is 8.74. The lowest BCUT2D eigenvalue weighted by molar-refractivity contribution is 0.685. The third kappa shape index (κ3) is 2.17. The van der Waals surface area contributed by atoms with Gasteiger partial charge in [-0.1, -0.05) is 29.8 Å². The molecule has 0 amide bonds. The molecule has 1 aliphatic carbocycles. The molecule has 2 nitrogen and oxygen atoms in total. The predicted molar refractivity (Wildman–Crippen MR) is 76.0 cm³/mol. The average Bonchev–Trinajstić information content (AvgIpc) is 2.67. The van der Waals surface area contributed by atoms with Crippen molar-refractivity contribution in [3.8, 4) is 0 Å². The van der Waals surface area contributed by atoms with E-state index >= 15 is 0 Å². The van der Waals surface area contributed by atoms with Gasteiger partial charge in [-0.25, -0.2) is 0 Å². The molecule has 1 aromatic heterocycles. The third-order valence-electron chi connectivity index (χ3n) is 3.62. The average molecular weight is 261 g/mol. The number of para-hydroxylation sites is 1. The van der Waals surface area contributed by atoms with Gasteiger partial charge in [-0.3, -0.25) is 4.68 Å². The van der Waals surface area contributed by atoms with Gasteiger partial charge < -0.3 is 0 Å². The van der Waals surface area contributed by atoms with Crippen LogP contribution in [0, 0.1) is 0 Å². The predicted octanol–water partition coefficient (Wildman–Crippen LogP) is 3.83. The van der Waals surface area contributed by atoms with Crippen LogP contribution in [0.2, 0.25) is 0 Å². The lowest BCUT2D eigenvalue weighted by Crippen LogP contribution is -2.05. The van der Waals surface area contributed by atoms with E-state index in [1.54, 1.807) is 0 Å². The molecule has 1 atom stereocenters. The number of alkyl halides is 1. The summed E-state index contributed by atoms with van der Waals surface area (Å²) < 4.78 is 1.96. The highest BCUT2D eigenvalue weighted by Gasteiger charge is 2.14. The highest BCUT2D eigenvalue weighted by atomic mass is 35.5. The van der Waals surface area contributed by atoms with Crippen molar-refractivity contribution in [3.63, 3.8) is 0 Å². The Bertz CT molecular complexity index is 598. The van der Waals surface area contributed by atoms with Gasteiger partial charge in [0.15, 0.2) is 0 Å².